The Balaban J connectivity index is 1.97. The van der Waals surface area contributed by atoms with Gasteiger partial charge in [0.25, 0.3) is 0 Å². The highest BCUT2D eigenvalue weighted by atomic mass is 16.5. The van der Waals surface area contributed by atoms with E-state index in [9.17, 15) is 5.11 Å². The Morgan fingerprint density at radius 3 is 2.39 bits per heavy atom. The van der Waals surface area contributed by atoms with E-state index in [-0.39, 0.29) is 6.10 Å². The first-order valence-electron chi connectivity index (χ1n) is 7.82. The lowest BCUT2D eigenvalue weighted by atomic mass is 10.1. The van der Waals surface area contributed by atoms with Crippen LogP contribution >= 0.6 is 0 Å². The smallest absolute Gasteiger partial charge is 0.161 e. The molecule has 0 aliphatic heterocycles. The second-order valence-corrected chi connectivity index (χ2v) is 5.74. The molecule has 0 spiro atoms. The van der Waals surface area contributed by atoms with E-state index in [4.69, 9.17) is 9.47 Å². The van der Waals surface area contributed by atoms with Crippen molar-refractivity contribution in [3.05, 3.63) is 59.2 Å². The van der Waals surface area contributed by atoms with Crippen molar-refractivity contribution >= 4 is 0 Å². The van der Waals surface area contributed by atoms with Crippen molar-refractivity contribution in [3.63, 3.8) is 0 Å². The summed E-state index contributed by atoms with van der Waals surface area (Å²) in [7, 11) is 1.64. The second kappa shape index (κ2) is 8.56. The van der Waals surface area contributed by atoms with E-state index in [2.05, 4.69) is 36.5 Å². The number of nitrogens with one attached hydrogen (secondary N) is 1. The third-order valence-corrected chi connectivity index (χ3v) is 3.51. The first-order chi connectivity index (χ1) is 11.1. The second-order valence-electron chi connectivity index (χ2n) is 5.74. The molecule has 23 heavy (non-hydrogen) atoms. The minimum absolute atomic E-state index is 0.353. The summed E-state index contributed by atoms with van der Waals surface area (Å²) in [6.07, 6.45) is -0.353. The van der Waals surface area contributed by atoms with Gasteiger partial charge in [-0.2, -0.15) is 0 Å². The Hall–Kier alpha value is -2.04. The van der Waals surface area contributed by atoms with Gasteiger partial charge in [0.2, 0.25) is 0 Å². The lowest BCUT2D eigenvalue weighted by Gasteiger charge is -2.13. The fourth-order valence-electron chi connectivity index (χ4n) is 2.21. The summed E-state index contributed by atoms with van der Waals surface area (Å²) in [4.78, 5) is 0. The molecule has 0 fully saturated rings. The topological polar surface area (TPSA) is 50.7 Å². The summed E-state index contributed by atoms with van der Waals surface area (Å²) in [5, 5.41) is 12.5. The molecule has 2 aromatic rings. The Morgan fingerprint density at radius 2 is 1.74 bits per heavy atom. The Bertz CT molecular complexity index is 609. The van der Waals surface area contributed by atoms with Gasteiger partial charge in [0.1, 0.15) is 6.61 Å². The number of methoxy groups -OCH3 is 1. The van der Waals surface area contributed by atoms with Gasteiger partial charge < -0.3 is 19.9 Å². The zero-order valence-electron chi connectivity index (χ0n) is 14.0. The van der Waals surface area contributed by atoms with Crippen molar-refractivity contribution in [1.82, 2.24) is 5.32 Å². The maximum atomic E-state index is 9.26. The van der Waals surface area contributed by atoms with Gasteiger partial charge in [-0.3, -0.25) is 0 Å². The van der Waals surface area contributed by atoms with Crippen LogP contribution in [0.5, 0.6) is 11.5 Å². The molecule has 0 saturated carbocycles. The molecule has 0 bridgehead atoms. The summed E-state index contributed by atoms with van der Waals surface area (Å²) in [6, 6.07) is 14.2. The van der Waals surface area contributed by atoms with Crippen LogP contribution in [0.4, 0.5) is 0 Å². The highest BCUT2D eigenvalue weighted by Crippen LogP contribution is 2.28. The monoisotopic (exact) mass is 315 g/mol. The molecule has 0 saturated heterocycles. The summed E-state index contributed by atoms with van der Waals surface area (Å²) in [5.41, 5.74) is 3.45. The molecule has 4 heteroatoms. The lowest BCUT2D eigenvalue weighted by Crippen LogP contribution is -2.23. The maximum absolute atomic E-state index is 9.26. The molecule has 0 aromatic heterocycles. The molecule has 124 valence electrons. The van der Waals surface area contributed by atoms with Gasteiger partial charge in [-0.05, 0) is 37.1 Å². The van der Waals surface area contributed by atoms with Crippen LogP contribution in [0.2, 0.25) is 0 Å². The first kappa shape index (κ1) is 17.3. The number of aliphatic hydroxyl groups excluding tert-OH is 1. The van der Waals surface area contributed by atoms with Crippen LogP contribution < -0.4 is 14.8 Å². The minimum atomic E-state index is -0.353. The van der Waals surface area contributed by atoms with Gasteiger partial charge in [0, 0.05) is 13.1 Å². The molecule has 2 rings (SSSR count). The Labute approximate surface area is 138 Å². The highest BCUT2D eigenvalue weighted by Gasteiger charge is 2.06. The van der Waals surface area contributed by atoms with Crippen molar-refractivity contribution < 1.29 is 14.6 Å². The van der Waals surface area contributed by atoms with E-state index in [0.29, 0.717) is 25.4 Å². The molecule has 0 radical (unpaired) electrons. The van der Waals surface area contributed by atoms with Crippen molar-refractivity contribution in [2.75, 3.05) is 13.7 Å². The van der Waals surface area contributed by atoms with E-state index < -0.39 is 0 Å². The molecule has 0 unspecified atom stereocenters. The van der Waals surface area contributed by atoms with Crippen molar-refractivity contribution in [2.24, 2.45) is 0 Å². The van der Waals surface area contributed by atoms with Crippen LogP contribution in [-0.2, 0) is 13.2 Å². The number of hydrogen-bond acceptors (Lipinski definition) is 4. The third-order valence-electron chi connectivity index (χ3n) is 3.51. The fourth-order valence-corrected chi connectivity index (χ4v) is 2.21. The summed E-state index contributed by atoms with van der Waals surface area (Å²) >= 11 is 0. The normalized spacial score (nSPS) is 12.0. The van der Waals surface area contributed by atoms with Gasteiger partial charge in [0.15, 0.2) is 11.5 Å². The number of benzene rings is 2. The van der Waals surface area contributed by atoms with E-state index in [0.717, 1.165) is 16.9 Å². The van der Waals surface area contributed by atoms with Gasteiger partial charge in [-0.25, -0.2) is 0 Å². The van der Waals surface area contributed by atoms with Crippen LogP contribution in [0.25, 0.3) is 0 Å². The number of aryl methyl sites for hydroxylation is 1. The molecule has 0 aliphatic carbocycles. The number of ether oxygens (including phenoxy) is 2. The average molecular weight is 315 g/mol. The summed E-state index contributed by atoms with van der Waals surface area (Å²) < 4.78 is 11.3. The molecule has 0 amide bonds. The van der Waals surface area contributed by atoms with Gasteiger partial charge in [-0.1, -0.05) is 35.9 Å². The minimum Gasteiger partial charge on any atom is -0.493 e. The van der Waals surface area contributed by atoms with Crippen LogP contribution in [0.15, 0.2) is 42.5 Å². The number of rotatable bonds is 8. The van der Waals surface area contributed by atoms with Crippen molar-refractivity contribution in [2.45, 2.75) is 33.1 Å². The van der Waals surface area contributed by atoms with Crippen molar-refractivity contribution in [1.29, 1.82) is 0 Å². The predicted octanol–water partition coefficient (Wildman–Crippen LogP) is 3.05. The van der Waals surface area contributed by atoms with E-state index in [1.165, 1.54) is 5.56 Å². The molecular formula is C19H25NO3. The number of aliphatic hydroxyl groups is 1. The summed E-state index contributed by atoms with van der Waals surface area (Å²) in [5.74, 6) is 1.45. The van der Waals surface area contributed by atoms with Crippen LogP contribution in [0.3, 0.4) is 0 Å². The zero-order chi connectivity index (χ0) is 16.7. The largest absolute Gasteiger partial charge is 0.493 e. The predicted molar refractivity (Wildman–Crippen MR) is 91.9 cm³/mol. The third kappa shape index (κ3) is 5.58. The standard InChI is InChI=1S/C19H25NO3/c1-14-4-6-16(7-5-14)13-23-18-9-8-17(10-19(18)22-3)12-20-11-15(2)21/h4-10,15,20-21H,11-13H2,1-3H3/t15-/m1/s1. The average Bonchev–Trinajstić information content (AvgIpc) is 2.54. The number of hydrogen-bond donors (Lipinski definition) is 2. The van der Waals surface area contributed by atoms with Crippen LogP contribution in [0.1, 0.15) is 23.6 Å². The van der Waals surface area contributed by atoms with Gasteiger partial charge in [0.05, 0.1) is 13.2 Å². The van der Waals surface area contributed by atoms with E-state index >= 15 is 0 Å². The van der Waals surface area contributed by atoms with Gasteiger partial charge >= 0.3 is 0 Å². The molecule has 0 aliphatic rings. The quantitative estimate of drug-likeness (QED) is 0.786. The Morgan fingerprint density at radius 1 is 1.04 bits per heavy atom. The maximum Gasteiger partial charge on any atom is 0.161 e. The molecule has 0 heterocycles. The molecule has 4 nitrogen and oxygen atoms in total. The van der Waals surface area contributed by atoms with Crippen LogP contribution in [-0.4, -0.2) is 24.9 Å². The molecule has 1 atom stereocenters. The van der Waals surface area contributed by atoms with Crippen molar-refractivity contribution in [3.8, 4) is 11.5 Å². The lowest BCUT2D eigenvalue weighted by molar-refractivity contribution is 0.191. The zero-order valence-corrected chi connectivity index (χ0v) is 14.0. The summed E-state index contributed by atoms with van der Waals surface area (Å²) in [6.45, 7) is 5.58. The highest BCUT2D eigenvalue weighted by molar-refractivity contribution is 5.43. The first-order valence-corrected chi connectivity index (χ1v) is 7.82. The van der Waals surface area contributed by atoms with Gasteiger partial charge in [-0.15, -0.1) is 0 Å². The molecule has 2 aromatic carbocycles. The molecular weight excluding hydrogens is 290 g/mol. The van der Waals surface area contributed by atoms with E-state index in [1.807, 2.05) is 18.2 Å². The van der Waals surface area contributed by atoms with E-state index in [1.54, 1.807) is 14.0 Å². The Kier molecular flexibility index (Phi) is 6.44. The fraction of sp³-hybridized carbons (Fsp3) is 0.368. The van der Waals surface area contributed by atoms with Crippen LogP contribution in [0, 0.1) is 6.92 Å². The SMILES string of the molecule is COc1cc(CNC[C@@H](C)O)ccc1OCc1ccc(C)cc1. The molecule has 2 N–H and O–H groups in total.